The van der Waals surface area contributed by atoms with Crippen LogP contribution < -0.4 is 4.74 Å². The molecule has 0 unspecified atom stereocenters. The van der Waals surface area contributed by atoms with Crippen molar-refractivity contribution in [1.29, 1.82) is 0 Å². The van der Waals surface area contributed by atoms with E-state index >= 15 is 0 Å². The quantitative estimate of drug-likeness (QED) is 0.859. The van der Waals surface area contributed by atoms with Crippen molar-refractivity contribution in [2.45, 2.75) is 18.9 Å². The standard InChI is InChI=1S/C13H17NO3/c1-17-12-6-2-4-10(8-12)13(16)14-7-3-5-11(14)9-15/h2,4,6,8,11,15H,3,5,7,9H2,1H3/t11-/m0/s1. The molecular weight excluding hydrogens is 218 g/mol. The summed E-state index contributed by atoms with van der Waals surface area (Å²) in [5.74, 6) is 0.649. The molecular formula is C13H17NO3. The third kappa shape index (κ3) is 2.42. The molecule has 0 spiro atoms. The van der Waals surface area contributed by atoms with E-state index in [0.29, 0.717) is 11.3 Å². The van der Waals surface area contributed by atoms with Crippen LogP contribution in [0.25, 0.3) is 0 Å². The zero-order valence-corrected chi connectivity index (χ0v) is 9.93. The normalized spacial score (nSPS) is 19.4. The Balaban J connectivity index is 2.18. The summed E-state index contributed by atoms with van der Waals surface area (Å²) in [5.41, 5.74) is 0.615. The maximum absolute atomic E-state index is 12.2. The minimum Gasteiger partial charge on any atom is -0.497 e. The molecule has 1 amide bonds. The average molecular weight is 235 g/mol. The Morgan fingerprint density at radius 3 is 3.12 bits per heavy atom. The van der Waals surface area contributed by atoms with Gasteiger partial charge in [-0.05, 0) is 31.0 Å². The molecule has 1 fully saturated rings. The summed E-state index contributed by atoms with van der Waals surface area (Å²) in [4.78, 5) is 14.0. The number of methoxy groups -OCH3 is 1. The van der Waals surface area contributed by atoms with Gasteiger partial charge in [0.25, 0.3) is 5.91 Å². The fourth-order valence-corrected chi connectivity index (χ4v) is 2.21. The van der Waals surface area contributed by atoms with Crippen LogP contribution in [0.3, 0.4) is 0 Å². The molecule has 1 saturated heterocycles. The first-order valence-corrected chi connectivity index (χ1v) is 5.82. The number of hydrogen-bond donors (Lipinski definition) is 1. The number of aliphatic hydroxyl groups is 1. The summed E-state index contributed by atoms with van der Waals surface area (Å²) in [7, 11) is 1.58. The number of aliphatic hydroxyl groups excluding tert-OH is 1. The van der Waals surface area contributed by atoms with Gasteiger partial charge in [0, 0.05) is 12.1 Å². The van der Waals surface area contributed by atoms with Gasteiger partial charge in [0.2, 0.25) is 0 Å². The average Bonchev–Trinajstić information content (AvgIpc) is 2.86. The van der Waals surface area contributed by atoms with Crippen LogP contribution in [-0.4, -0.2) is 42.2 Å². The second kappa shape index (κ2) is 5.19. The smallest absolute Gasteiger partial charge is 0.254 e. The Morgan fingerprint density at radius 1 is 1.59 bits per heavy atom. The van der Waals surface area contributed by atoms with Crippen molar-refractivity contribution < 1.29 is 14.6 Å². The van der Waals surface area contributed by atoms with Gasteiger partial charge in [0.1, 0.15) is 5.75 Å². The van der Waals surface area contributed by atoms with E-state index in [2.05, 4.69) is 0 Å². The molecule has 1 aromatic rings. The van der Waals surface area contributed by atoms with Crippen LogP contribution in [0.5, 0.6) is 5.75 Å². The van der Waals surface area contributed by atoms with Crippen molar-refractivity contribution >= 4 is 5.91 Å². The lowest BCUT2D eigenvalue weighted by atomic mass is 10.1. The lowest BCUT2D eigenvalue weighted by Crippen LogP contribution is -2.37. The van der Waals surface area contributed by atoms with E-state index in [1.54, 1.807) is 30.2 Å². The fourth-order valence-electron chi connectivity index (χ4n) is 2.21. The highest BCUT2D eigenvalue weighted by Gasteiger charge is 2.28. The molecule has 92 valence electrons. The number of nitrogens with zero attached hydrogens (tertiary/aromatic N) is 1. The first-order valence-electron chi connectivity index (χ1n) is 5.82. The zero-order chi connectivity index (χ0) is 12.3. The molecule has 4 heteroatoms. The van der Waals surface area contributed by atoms with Gasteiger partial charge >= 0.3 is 0 Å². The highest BCUT2D eigenvalue weighted by Crippen LogP contribution is 2.21. The molecule has 1 aromatic carbocycles. The second-order valence-electron chi connectivity index (χ2n) is 4.21. The molecule has 0 aliphatic carbocycles. The van der Waals surface area contributed by atoms with Crippen LogP contribution in [-0.2, 0) is 0 Å². The van der Waals surface area contributed by atoms with Gasteiger partial charge < -0.3 is 14.7 Å². The van der Waals surface area contributed by atoms with E-state index in [1.807, 2.05) is 6.07 Å². The number of rotatable bonds is 3. The van der Waals surface area contributed by atoms with Gasteiger partial charge in [-0.1, -0.05) is 6.07 Å². The Hall–Kier alpha value is -1.55. The Kier molecular flexibility index (Phi) is 3.64. The van der Waals surface area contributed by atoms with E-state index < -0.39 is 0 Å². The van der Waals surface area contributed by atoms with Crippen LogP contribution in [0.2, 0.25) is 0 Å². The molecule has 2 rings (SSSR count). The van der Waals surface area contributed by atoms with E-state index in [9.17, 15) is 9.90 Å². The number of carbonyl (C=O) groups is 1. The Morgan fingerprint density at radius 2 is 2.41 bits per heavy atom. The van der Waals surface area contributed by atoms with Gasteiger partial charge in [-0.2, -0.15) is 0 Å². The largest absolute Gasteiger partial charge is 0.497 e. The van der Waals surface area contributed by atoms with Gasteiger partial charge in [-0.25, -0.2) is 0 Å². The molecule has 1 aliphatic heterocycles. The van der Waals surface area contributed by atoms with Gasteiger partial charge in [-0.15, -0.1) is 0 Å². The van der Waals surface area contributed by atoms with Crippen LogP contribution >= 0.6 is 0 Å². The summed E-state index contributed by atoms with van der Waals surface area (Å²) < 4.78 is 5.10. The second-order valence-corrected chi connectivity index (χ2v) is 4.21. The molecule has 0 bridgehead atoms. The number of likely N-dealkylation sites (tertiary alicyclic amines) is 1. The molecule has 0 aromatic heterocycles. The number of benzene rings is 1. The molecule has 4 nitrogen and oxygen atoms in total. The van der Waals surface area contributed by atoms with Crippen molar-refractivity contribution in [1.82, 2.24) is 4.90 Å². The maximum atomic E-state index is 12.2. The summed E-state index contributed by atoms with van der Waals surface area (Å²) in [6, 6.07) is 7.08. The SMILES string of the molecule is COc1cccc(C(=O)N2CCC[C@H]2CO)c1. The molecule has 0 radical (unpaired) electrons. The maximum Gasteiger partial charge on any atom is 0.254 e. The molecule has 17 heavy (non-hydrogen) atoms. The zero-order valence-electron chi connectivity index (χ0n) is 9.93. The summed E-state index contributed by atoms with van der Waals surface area (Å²) in [6.45, 7) is 0.761. The van der Waals surface area contributed by atoms with E-state index in [4.69, 9.17) is 4.74 Å². The predicted molar refractivity (Wildman–Crippen MR) is 64.1 cm³/mol. The van der Waals surface area contributed by atoms with Crippen molar-refractivity contribution in [2.24, 2.45) is 0 Å². The highest BCUT2D eigenvalue weighted by molar-refractivity contribution is 5.95. The molecule has 1 heterocycles. The van der Waals surface area contributed by atoms with Crippen LogP contribution in [0, 0.1) is 0 Å². The van der Waals surface area contributed by atoms with E-state index in [-0.39, 0.29) is 18.6 Å². The monoisotopic (exact) mass is 235 g/mol. The van der Waals surface area contributed by atoms with Crippen molar-refractivity contribution in [2.75, 3.05) is 20.3 Å². The first-order chi connectivity index (χ1) is 8.26. The molecule has 1 atom stereocenters. The number of hydrogen-bond acceptors (Lipinski definition) is 3. The third-order valence-corrected chi connectivity index (χ3v) is 3.17. The van der Waals surface area contributed by atoms with E-state index in [0.717, 1.165) is 19.4 Å². The van der Waals surface area contributed by atoms with E-state index in [1.165, 1.54) is 0 Å². The van der Waals surface area contributed by atoms with Crippen LogP contribution in [0.4, 0.5) is 0 Å². The van der Waals surface area contributed by atoms with Crippen molar-refractivity contribution in [3.63, 3.8) is 0 Å². The Bertz CT molecular complexity index is 405. The lowest BCUT2D eigenvalue weighted by Gasteiger charge is -2.23. The van der Waals surface area contributed by atoms with Crippen molar-refractivity contribution in [3.8, 4) is 5.75 Å². The van der Waals surface area contributed by atoms with Gasteiger partial charge in [-0.3, -0.25) is 4.79 Å². The number of ether oxygens (including phenoxy) is 1. The predicted octanol–water partition coefficient (Wildman–Crippen LogP) is 1.29. The summed E-state index contributed by atoms with van der Waals surface area (Å²) in [6.07, 6.45) is 1.84. The van der Waals surface area contributed by atoms with Gasteiger partial charge in [0.15, 0.2) is 0 Å². The third-order valence-electron chi connectivity index (χ3n) is 3.17. The fraction of sp³-hybridized carbons (Fsp3) is 0.462. The minimum atomic E-state index is -0.0336. The van der Waals surface area contributed by atoms with Gasteiger partial charge in [0.05, 0.1) is 19.8 Å². The Labute approximate surface area is 101 Å². The van der Waals surface area contributed by atoms with Crippen molar-refractivity contribution in [3.05, 3.63) is 29.8 Å². The van der Waals surface area contributed by atoms with Crippen LogP contribution in [0.1, 0.15) is 23.2 Å². The summed E-state index contributed by atoms with van der Waals surface area (Å²) in [5, 5.41) is 9.21. The van der Waals surface area contributed by atoms with Crippen LogP contribution in [0.15, 0.2) is 24.3 Å². The topological polar surface area (TPSA) is 49.8 Å². The minimum absolute atomic E-state index is 0.0274. The highest BCUT2D eigenvalue weighted by atomic mass is 16.5. The number of carbonyl (C=O) groups excluding carboxylic acids is 1. The molecule has 0 saturated carbocycles. The first kappa shape index (κ1) is 11.9. The lowest BCUT2D eigenvalue weighted by molar-refractivity contribution is 0.0677. The molecule has 1 aliphatic rings. The molecule has 1 N–H and O–H groups in total. The number of amides is 1. The summed E-state index contributed by atoms with van der Waals surface area (Å²) >= 11 is 0.